The van der Waals surface area contributed by atoms with Crippen molar-refractivity contribution >= 4 is 11.0 Å². The van der Waals surface area contributed by atoms with Gasteiger partial charge in [-0.15, -0.1) is 0 Å². The highest BCUT2D eigenvalue weighted by atomic mass is 16.8. The van der Waals surface area contributed by atoms with Gasteiger partial charge in [-0.25, -0.2) is 9.67 Å². The topological polar surface area (TPSA) is 111 Å². The van der Waals surface area contributed by atoms with E-state index in [1.165, 1.54) is 17.2 Å². The standard InChI is InChI=1S/C13H16N4O5/c1-13(2)21-8-7(4-18)20-12(9(8)22-13)17-10-6(3-16-17)11(19)15-5-14-10/h3,5,7-9,12,18H,4H2,1-2H3,(H,14,15,19)/t7-,8-,9-,12-/m1/s1. The molecule has 0 bridgehead atoms. The van der Waals surface area contributed by atoms with Crippen LogP contribution in [-0.2, 0) is 14.2 Å². The molecule has 2 saturated heterocycles. The average Bonchev–Trinajstić information content (AvgIpc) is 3.10. The maximum atomic E-state index is 11.8. The van der Waals surface area contributed by atoms with Crippen molar-refractivity contribution in [2.45, 2.75) is 44.2 Å². The van der Waals surface area contributed by atoms with Gasteiger partial charge in [0.15, 0.2) is 17.7 Å². The first-order valence-electron chi connectivity index (χ1n) is 7.03. The Labute approximate surface area is 124 Å². The third kappa shape index (κ3) is 1.90. The van der Waals surface area contributed by atoms with Gasteiger partial charge in [0.25, 0.3) is 5.56 Å². The molecule has 0 spiro atoms. The molecule has 0 amide bonds. The number of aliphatic hydroxyl groups is 1. The molecular formula is C13H16N4O5. The van der Waals surface area contributed by atoms with E-state index in [4.69, 9.17) is 14.2 Å². The molecule has 0 unspecified atom stereocenters. The summed E-state index contributed by atoms with van der Waals surface area (Å²) in [6.07, 6.45) is 0.790. The molecule has 4 heterocycles. The second kappa shape index (κ2) is 4.59. The van der Waals surface area contributed by atoms with Crippen LogP contribution in [0.5, 0.6) is 0 Å². The van der Waals surface area contributed by atoms with Crippen LogP contribution in [0.15, 0.2) is 17.3 Å². The zero-order valence-electron chi connectivity index (χ0n) is 12.1. The van der Waals surface area contributed by atoms with Crippen LogP contribution in [0, 0.1) is 0 Å². The number of ether oxygens (including phenoxy) is 3. The second-order valence-corrected chi connectivity index (χ2v) is 5.87. The minimum Gasteiger partial charge on any atom is -0.394 e. The van der Waals surface area contributed by atoms with Gasteiger partial charge >= 0.3 is 0 Å². The van der Waals surface area contributed by atoms with Crippen molar-refractivity contribution in [3.8, 4) is 0 Å². The molecule has 0 aromatic carbocycles. The predicted octanol–water partition coefficient (Wildman–Crippen LogP) is -0.471. The van der Waals surface area contributed by atoms with Gasteiger partial charge in [-0.05, 0) is 13.8 Å². The molecular weight excluding hydrogens is 292 g/mol. The second-order valence-electron chi connectivity index (χ2n) is 5.87. The molecule has 2 aliphatic heterocycles. The lowest BCUT2D eigenvalue weighted by Gasteiger charge is -2.23. The number of aromatic nitrogens is 4. The van der Waals surface area contributed by atoms with Gasteiger partial charge < -0.3 is 24.3 Å². The maximum Gasteiger partial charge on any atom is 0.261 e. The molecule has 0 saturated carbocycles. The van der Waals surface area contributed by atoms with E-state index in [1.54, 1.807) is 13.8 Å². The number of rotatable bonds is 2. The zero-order chi connectivity index (χ0) is 15.5. The van der Waals surface area contributed by atoms with Crippen LogP contribution >= 0.6 is 0 Å². The molecule has 9 heteroatoms. The quantitative estimate of drug-likeness (QED) is 0.771. The van der Waals surface area contributed by atoms with Crippen LogP contribution in [0.3, 0.4) is 0 Å². The van der Waals surface area contributed by atoms with Gasteiger partial charge in [-0.3, -0.25) is 4.79 Å². The Balaban J connectivity index is 1.78. The van der Waals surface area contributed by atoms with Crippen molar-refractivity contribution in [2.75, 3.05) is 6.61 Å². The summed E-state index contributed by atoms with van der Waals surface area (Å²) in [6, 6.07) is 0. The molecule has 4 rings (SSSR count). The molecule has 2 N–H and O–H groups in total. The van der Waals surface area contributed by atoms with Crippen molar-refractivity contribution in [1.82, 2.24) is 19.7 Å². The van der Waals surface area contributed by atoms with Crippen molar-refractivity contribution in [2.24, 2.45) is 0 Å². The SMILES string of the molecule is CC1(C)O[C@@H]2[C@H](O1)[C@@H](CO)O[C@H]2n1ncc2c(=O)[nH]cnc21. The Morgan fingerprint density at radius 3 is 2.95 bits per heavy atom. The first-order chi connectivity index (χ1) is 10.5. The van der Waals surface area contributed by atoms with Crippen LogP contribution in [0.4, 0.5) is 0 Å². The van der Waals surface area contributed by atoms with Crippen molar-refractivity contribution in [1.29, 1.82) is 0 Å². The number of hydrogen-bond donors (Lipinski definition) is 2. The third-order valence-electron chi connectivity index (χ3n) is 3.94. The summed E-state index contributed by atoms with van der Waals surface area (Å²) >= 11 is 0. The fraction of sp³-hybridized carbons (Fsp3) is 0.615. The van der Waals surface area contributed by atoms with Gasteiger partial charge in [0.2, 0.25) is 0 Å². The number of nitrogens with one attached hydrogen (secondary N) is 1. The van der Waals surface area contributed by atoms with Gasteiger partial charge in [0, 0.05) is 0 Å². The fourth-order valence-corrected chi connectivity index (χ4v) is 3.06. The van der Waals surface area contributed by atoms with Crippen molar-refractivity contribution in [3.63, 3.8) is 0 Å². The molecule has 2 fully saturated rings. The van der Waals surface area contributed by atoms with E-state index in [2.05, 4.69) is 15.1 Å². The van der Waals surface area contributed by atoms with E-state index in [0.29, 0.717) is 11.0 Å². The highest BCUT2D eigenvalue weighted by Crippen LogP contribution is 2.43. The zero-order valence-corrected chi connectivity index (χ0v) is 12.1. The van der Waals surface area contributed by atoms with Crippen LogP contribution in [0.1, 0.15) is 20.1 Å². The van der Waals surface area contributed by atoms with E-state index in [9.17, 15) is 9.90 Å². The summed E-state index contributed by atoms with van der Waals surface area (Å²) in [5, 5.41) is 14.1. The Hall–Kier alpha value is -1.81. The van der Waals surface area contributed by atoms with Crippen LogP contribution in [0.25, 0.3) is 11.0 Å². The highest BCUT2D eigenvalue weighted by molar-refractivity contribution is 5.72. The minimum atomic E-state index is -0.765. The Morgan fingerprint density at radius 1 is 1.41 bits per heavy atom. The van der Waals surface area contributed by atoms with Gasteiger partial charge in [-0.1, -0.05) is 0 Å². The highest BCUT2D eigenvalue weighted by Gasteiger charge is 2.56. The van der Waals surface area contributed by atoms with E-state index < -0.39 is 30.3 Å². The molecule has 0 aliphatic carbocycles. The first-order valence-corrected chi connectivity index (χ1v) is 7.03. The fourth-order valence-electron chi connectivity index (χ4n) is 3.06. The lowest BCUT2D eigenvalue weighted by atomic mass is 10.1. The summed E-state index contributed by atoms with van der Waals surface area (Å²) in [5.74, 6) is -0.765. The first kappa shape index (κ1) is 13.8. The average molecular weight is 308 g/mol. The maximum absolute atomic E-state index is 11.8. The summed E-state index contributed by atoms with van der Waals surface area (Å²) in [5.41, 5.74) is 0.132. The normalized spacial score (nSPS) is 33.4. The van der Waals surface area contributed by atoms with E-state index in [-0.39, 0.29) is 12.2 Å². The van der Waals surface area contributed by atoms with Crippen molar-refractivity contribution < 1.29 is 19.3 Å². The monoisotopic (exact) mass is 308 g/mol. The summed E-state index contributed by atoms with van der Waals surface area (Å²) < 4.78 is 19.0. The van der Waals surface area contributed by atoms with Gasteiger partial charge in [0.05, 0.1) is 19.1 Å². The number of nitrogens with zero attached hydrogens (tertiary/aromatic N) is 3. The molecule has 118 valence electrons. The van der Waals surface area contributed by atoms with E-state index in [1.807, 2.05) is 0 Å². The van der Waals surface area contributed by atoms with Crippen LogP contribution in [0.2, 0.25) is 0 Å². The lowest BCUT2D eigenvalue weighted by molar-refractivity contribution is -0.201. The molecule has 0 radical (unpaired) electrons. The summed E-state index contributed by atoms with van der Waals surface area (Å²) in [4.78, 5) is 18.4. The Morgan fingerprint density at radius 2 is 2.18 bits per heavy atom. The summed E-state index contributed by atoms with van der Waals surface area (Å²) in [6.45, 7) is 3.42. The summed E-state index contributed by atoms with van der Waals surface area (Å²) in [7, 11) is 0. The largest absolute Gasteiger partial charge is 0.394 e. The molecule has 2 aromatic rings. The number of aliphatic hydroxyl groups excluding tert-OH is 1. The van der Waals surface area contributed by atoms with Crippen molar-refractivity contribution in [3.05, 3.63) is 22.9 Å². The Bertz CT molecular complexity index is 769. The Kier molecular flexibility index (Phi) is 2.89. The van der Waals surface area contributed by atoms with Gasteiger partial charge in [0.1, 0.15) is 23.7 Å². The number of H-pyrrole nitrogens is 1. The predicted molar refractivity (Wildman–Crippen MR) is 73.0 cm³/mol. The van der Waals surface area contributed by atoms with E-state index in [0.717, 1.165) is 0 Å². The molecule has 22 heavy (non-hydrogen) atoms. The lowest BCUT2D eigenvalue weighted by Crippen LogP contribution is -2.31. The smallest absolute Gasteiger partial charge is 0.261 e. The van der Waals surface area contributed by atoms with Crippen LogP contribution < -0.4 is 5.56 Å². The number of fused-ring (bicyclic) bond motifs is 2. The van der Waals surface area contributed by atoms with Gasteiger partial charge in [-0.2, -0.15) is 5.10 Å². The van der Waals surface area contributed by atoms with E-state index >= 15 is 0 Å². The third-order valence-corrected chi connectivity index (χ3v) is 3.94. The number of aromatic amines is 1. The molecule has 2 aliphatic rings. The molecule has 9 nitrogen and oxygen atoms in total. The molecule has 4 atom stereocenters. The molecule has 2 aromatic heterocycles. The number of hydrogen-bond acceptors (Lipinski definition) is 7. The minimum absolute atomic E-state index is 0.190. The van der Waals surface area contributed by atoms with Crippen LogP contribution in [-0.4, -0.2) is 55.6 Å².